The molecular weight excluding hydrogens is 437 g/mol. The second-order valence-corrected chi connectivity index (χ2v) is 9.75. The molecule has 3 aromatic carbocycles. The highest BCUT2D eigenvalue weighted by Gasteiger charge is 2.26. The van der Waals surface area contributed by atoms with Gasteiger partial charge in [0.05, 0.1) is 0 Å². The monoisotopic (exact) mass is 469 g/mol. The van der Waals surface area contributed by atoms with Crippen molar-refractivity contribution in [2.45, 2.75) is 39.8 Å². The summed E-state index contributed by atoms with van der Waals surface area (Å²) in [6.45, 7) is 7.36. The number of hydrogen-bond donors (Lipinski definition) is 1. The molecule has 1 saturated heterocycles. The number of benzene rings is 3. The van der Waals surface area contributed by atoms with Crippen LogP contribution in [0.15, 0.2) is 72.8 Å². The van der Waals surface area contributed by atoms with Crippen molar-refractivity contribution in [1.29, 1.82) is 0 Å². The quantitative estimate of drug-likeness (QED) is 0.360. The first-order valence-electron chi connectivity index (χ1n) is 12.4. The standard InChI is InChI=1S/C30H32FN3O/c1-21-10-11-27(16-22(21)2)32-30(35)24-12-14-33(15-13-24)20-28-18-25-7-3-4-9-29(25)34(28)19-23-6-5-8-26(31)17-23/h3-11,16-18,24H,12-15,19-20H2,1-2H3,(H,32,35). The van der Waals surface area contributed by atoms with Gasteiger partial charge in [0, 0.05) is 35.9 Å². The molecule has 0 unspecified atom stereocenters. The summed E-state index contributed by atoms with van der Waals surface area (Å²) in [6.07, 6.45) is 1.70. The summed E-state index contributed by atoms with van der Waals surface area (Å²) in [4.78, 5) is 15.3. The number of nitrogens with zero attached hydrogens (tertiary/aromatic N) is 2. The molecule has 1 aliphatic heterocycles. The summed E-state index contributed by atoms with van der Waals surface area (Å²) in [5.41, 5.74) is 6.62. The lowest BCUT2D eigenvalue weighted by Gasteiger charge is -2.31. The summed E-state index contributed by atoms with van der Waals surface area (Å²) < 4.78 is 16.1. The zero-order valence-electron chi connectivity index (χ0n) is 20.4. The maximum Gasteiger partial charge on any atom is 0.227 e. The molecule has 0 bridgehead atoms. The van der Waals surface area contributed by atoms with Crippen molar-refractivity contribution in [2.24, 2.45) is 5.92 Å². The molecule has 4 nitrogen and oxygen atoms in total. The predicted molar refractivity (Wildman–Crippen MR) is 140 cm³/mol. The smallest absolute Gasteiger partial charge is 0.227 e. The number of anilines is 1. The van der Waals surface area contributed by atoms with Gasteiger partial charge in [0.15, 0.2) is 0 Å². The van der Waals surface area contributed by atoms with E-state index in [0.717, 1.165) is 49.2 Å². The fourth-order valence-corrected chi connectivity index (χ4v) is 5.05. The molecule has 1 N–H and O–H groups in total. The van der Waals surface area contributed by atoms with Crippen molar-refractivity contribution in [3.8, 4) is 0 Å². The van der Waals surface area contributed by atoms with Gasteiger partial charge >= 0.3 is 0 Å². The first-order valence-corrected chi connectivity index (χ1v) is 12.4. The molecular formula is C30H32FN3O. The van der Waals surface area contributed by atoms with Gasteiger partial charge in [-0.2, -0.15) is 0 Å². The van der Waals surface area contributed by atoms with Crippen molar-refractivity contribution in [1.82, 2.24) is 9.47 Å². The topological polar surface area (TPSA) is 37.3 Å². The Morgan fingerprint density at radius 1 is 0.914 bits per heavy atom. The summed E-state index contributed by atoms with van der Waals surface area (Å²) >= 11 is 0. The highest BCUT2D eigenvalue weighted by atomic mass is 19.1. The van der Waals surface area contributed by atoms with Crippen LogP contribution < -0.4 is 5.32 Å². The maximum atomic E-state index is 13.8. The van der Waals surface area contributed by atoms with Crippen molar-refractivity contribution >= 4 is 22.5 Å². The lowest BCUT2D eigenvalue weighted by atomic mass is 9.95. The Morgan fingerprint density at radius 2 is 1.71 bits per heavy atom. The maximum absolute atomic E-state index is 13.8. The number of nitrogens with one attached hydrogen (secondary N) is 1. The predicted octanol–water partition coefficient (Wildman–Crippen LogP) is 6.30. The molecule has 0 radical (unpaired) electrons. The fraction of sp³-hybridized carbons (Fsp3) is 0.300. The number of hydrogen-bond acceptors (Lipinski definition) is 2. The van der Waals surface area contributed by atoms with Crippen LogP contribution in [0, 0.1) is 25.6 Å². The van der Waals surface area contributed by atoms with Crippen LogP contribution in [-0.2, 0) is 17.9 Å². The van der Waals surface area contributed by atoms with Crippen LogP contribution in [0.25, 0.3) is 10.9 Å². The third-order valence-electron chi connectivity index (χ3n) is 7.24. The number of halogens is 1. The number of amides is 1. The number of piperidine rings is 1. The van der Waals surface area contributed by atoms with E-state index in [1.54, 1.807) is 12.1 Å². The molecule has 5 rings (SSSR count). The summed E-state index contributed by atoms with van der Waals surface area (Å²) in [6, 6.07) is 23.5. The van der Waals surface area contributed by atoms with Gasteiger partial charge in [0.25, 0.3) is 0 Å². The van der Waals surface area contributed by atoms with E-state index in [1.807, 2.05) is 24.3 Å². The highest BCUT2D eigenvalue weighted by Crippen LogP contribution is 2.26. The number of carbonyl (C=O) groups excluding carboxylic acids is 1. The van der Waals surface area contributed by atoms with Crippen LogP contribution in [-0.4, -0.2) is 28.5 Å². The lowest BCUT2D eigenvalue weighted by Crippen LogP contribution is -2.38. The Hall–Kier alpha value is -3.44. The molecule has 2 heterocycles. The number of aromatic nitrogens is 1. The van der Waals surface area contributed by atoms with E-state index in [4.69, 9.17) is 0 Å². The Labute approximate surface area is 206 Å². The zero-order chi connectivity index (χ0) is 24.4. The Kier molecular flexibility index (Phi) is 6.69. The fourth-order valence-electron chi connectivity index (χ4n) is 5.05. The van der Waals surface area contributed by atoms with E-state index < -0.39 is 0 Å². The SMILES string of the molecule is Cc1ccc(NC(=O)C2CCN(Cc3cc4ccccc4n3Cc3cccc(F)c3)CC2)cc1C. The lowest BCUT2D eigenvalue weighted by molar-refractivity contribution is -0.121. The van der Waals surface area contributed by atoms with E-state index in [0.29, 0.717) is 6.54 Å². The highest BCUT2D eigenvalue weighted by molar-refractivity contribution is 5.92. The number of para-hydroxylation sites is 1. The van der Waals surface area contributed by atoms with E-state index in [9.17, 15) is 9.18 Å². The second kappa shape index (κ2) is 10.0. The van der Waals surface area contributed by atoms with E-state index in [1.165, 1.54) is 28.3 Å². The van der Waals surface area contributed by atoms with Crippen LogP contribution in [0.2, 0.25) is 0 Å². The first kappa shape index (κ1) is 23.3. The molecule has 1 aliphatic rings. The summed E-state index contributed by atoms with van der Waals surface area (Å²) in [5, 5.41) is 4.31. The molecule has 0 spiro atoms. The van der Waals surface area contributed by atoms with Gasteiger partial charge < -0.3 is 9.88 Å². The molecule has 0 saturated carbocycles. The minimum Gasteiger partial charge on any atom is -0.339 e. The van der Waals surface area contributed by atoms with Gasteiger partial charge in [-0.1, -0.05) is 36.4 Å². The zero-order valence-corrected chi connectivity index (χ0v) is 20.4. The third kappa shape index (κ3) is 5.30. The van der Waals surface area contributed by atoms with E-state index in [2.05, 4.69) is 59.0 Å². The van der Waals surface area contributed by atoms with Gasteiger partial charge in [-0.05, 0) is 98.3 Å². The van der Waals surface area contributed by atoms with Crippen LogP contribution in [0.3, 0.4) is 0 Å². The summed E-state index contributed by atoms with van der Waals surface area (Å²) in [5.74, 6) is -0.0548. The van der Waals surface area contributed by atoms with Crippen LogP contribution in [0.5, 0.6) is 0 Å². The molecule has 1 aromatic heterocycles. The molecule has 0 atom stereocenters. The number of rotatable bonds is 6. The van der Waals surface area contributed by atoms with Crippen molar-refractivity contribution in [3.05, 3.63) is 101 Å². The number of likely N-dealkylation sites (tertiary alicyclic amines) is 1. The van der Waals surface area contributed by atoms with Crippen molar-refractivity contribution in [2.75, 3.05) is 18.4 Å². The molecule has 35 heavy (non-hydrogen) atoms. The van der Waals surface area contributed by atoms with Gasteiger partial charge in [-0.25, -0.2) is 4.39 Å². The average Bonchev–Trinajstić information content (AvgIpc) is 3.18. The largest absolute Gasteiger partial charge is 0.339 e. The second-order valence-electron chi connectivity index (χ2n) is 9.75. The molecule has 5 heteroatoms. The molecule has 4 aromatic rings. The average molecular weight is 470 g/mol. The van der Waals surface area contributed by atoms with E-state index >= 15 is 0 Å². The van der Waals surface area contributed by atoms with Crippen molar-refractivity contribution in [3.63, 3.8) is 0 Å². The minimum atomic E-state index is -0.207. The number of carbonyl (C=O) groups is 1. The first-order chi connectivity index (χ1) is 17.0. The van der Waals surface area contributed by atoms with E-state index in [-0.39, 0.29) is 17.6 Å². The third-order valence-corrected chi connectivity index (χ3v) is 7.24. The van der Waals surface area contributed by atoms with Gasteiger partial charge in [0.1, 0.15) is 5.82 Å². The Morgan fingerprint density at radius 3 is 2.49 bits per heavy atom. The minimum absolute atomic E-state index is 0.0333. The Balaban J connectivity index is 1.26. The van der Waals surface area contributed by atoms with Gasteiger partial charge in [-0.3, -0.25) is 9.69 Å². The van der Waals surface area contributed by atoms with Crippen molar-refractivity contribution < 1.29 is 9.18 Å². The number of fused-ring (bicyclic) bond motifs is 1. The number of aryl methyl sites for hydroxylation is 2. The molecule has 0 aliphatic carbocycles. The Bertz CT molecular complexity index is 1350. The van der Waals surface area contributed by atoms with Crippen LogP contribution >= 0.6 is 0 Å². The molecule has 1 fully saturated rings. The van der Waals surface area contributed by atoms with Crippen LogP contribution in [0.1, 0.15) is 35.2 Å². The molecule has 180 valence electrons. The van der Waals surface area contributed by atoms with Crippen LogP contribution in [0.4, 0.5) is 10.1 Å². The normalized spacial score (nSPS) is 14.9. The van der Waals surface area contributed by atoms with Gasteiger partial charge in [-0.15, -0.1) is 0 Å². The summed E-state index contributed by atoms with van der Waals surface area (Å²) in [7, 11) is 0. The van der Waals surface area contributed by atoms with Gasteiger partial charge in [0.2, 0.25) is 5.91 Å². The molecule has 1 amide bonds.